The van der Waals surface area contributed by atoms with Crippen molar-refractivity contribution in [1.82, 2.24) is 0 Å². The third-order valence-electron chi connectivity index (χ3n) is 3.30. The number of hydrogen-bond donors (Lipinski definition) is 1. The highest BCUT2D eigenvalue weighted by Crippen LogP contribution is 2.28. The Morgan fingerprint density at radius 3 is 2.68 bits per heavy atom. The Kier molecular flexibility index (Phi) is 6.07. The van der Waals surface area contributed by atoms with E-state index in [1.807, 2.05) is 24.3 Å². The van der Waals surface area contributed by atoms with E-state index in [1.165, 1.54) is 12.1 Å². The monoisotopic (exact) mass is 303 g/mol. The fourth-order valence-corrected chi connectivity index (χ4v) is 2.07. The van der Waals surface area contributed by atoms with Gasteiger partial charge in [0, 0.05) is 12.2 Å². The molecule has 0 saturated heterocycles. The van der Waals surface area contributed by atoms with Gasteiger partial charge in [0.15, 0.2) is 11.5 Å². The summed E-state index contributed by atoms with van der Waals surface area (Å²) in [7, 11) is 1.63. The van der Waals surface area contributed by atoms with Crippen LogP contribution in [0.3, 0.4) is 0 Å². The summed E-state index contributed by atoms with van der Waals surface area (Å²) in [6, 6.07) is 12.2. The molecule has 118 valence electrons. The van der Waals surface area contributed by atoms with Crippen LogP contribution < -0.4 is 14.8 Å². The van der Waals surface area contributed by atoms with Crippen LogP contribution in [0.25, 0.3) is 0 Å². The minimum absolute atomic E-state index is 0.247. The Labute approximate surface area is 131 Å². The van der Waals surface area contributed by atoms with Crippen molar-refractivity contribution in [2.75, 3.05) is 19.0 Å². The molecule has 0 fully saturated rings. The second kappa shape index (κ2) is 8.27. The van der Waals surface area contributed by atoms with Gasteiger partial charge in [0.25, 0.3) is 0 Å². The number of halogens is 1. The van der Waals surface area contributed by atoms with Crippen LogP contribution >= 0.6 is 0 Å². The van der Waals surface area contributed by atoms with Crippen LogP contribution in [0.1, 0.15) is 25.3 Å². The summed E-state index contributed by atoms with van der Waals surface area (Å²) in [4.78, 5) is 0. The van der Waals surface area contributed by atoms with Gasteiger partial charge in [-0.25, -0.2) is 4.39 Å². The summed E-state index contributed by atoms with van der Waals surface area (Å²) in [6.07, 6.45) is 2.10. The van der Waals surface area contributed by atoms with Crippen molar-refractivity contribution in [3.05, 3.63) is 53.8 Å². The molecule has 0 spiro atoms. The summed E-state index contributed by atoms with van der Waals surface area (Å²) < 4.78 is 24.2. The fraction of sp³-hybridized carbons (Fsp3) is 0.333. The number of methoxy groups -OCH3 is 1. The quantitative estimate of drug-likeness (QED) is 0.721. The van der Waals surface area contributed by atoms with Crippen LogP contribution in [0.15, 0.2) is 42.5 Å². The highest BCUT2D eigenvalue weighted by atomic mass is 19.1. The number of anilines is 1. The average molecular weight is 303 g/mol. The average Bonchev–Trinajstić information content (AvgIpc) is 2.53. The van der Waals surface area contributed by atoms with Gasteiger partial charge in [0.2, 0.25) is 0 Å². The number of benzene rings is 2. The number of nitrogens with one attached hydrogen (secondary N) is 1. The molecular weight excluding hydrogens is 281 g/mol. The minimum Gasteiger partial charge on any atom is -0.493 e. The van der Waals surface area contributed by atoms with Crippen molar-refractivity contribution in [3.8, 4) is 11.5 Å². The first-order valence-corrected chi connectivity index (χ1v) is 7.52. The first kappa shape index (κ1) is 16.1. The summed E-state index contributed by atoms with van der Waals surface area (Å²) in [5.41, 5.74) is 1.81. The molecule has 3 nitrogen and oxygen atoms in total. The zero-order chi connectivity index (χ0) is 15.8. The van der Waals surface area contributed by atoms with Crippen molar-refractivity contribution in [3.63, 3.8) is 0 Å². The predicted molar refractivity (Wildman–Crippen MR) is 87.1 cm³/mol. The lowest BCUT2D eigenvalue weighted by molar-refractivity contribution is 0.288. The molecule has 0 unspecified atom stereocenters. The Morgan fingerprint density at radius 2 is 1.95 bits per heavy atom. The molecule has 1 N–H and O–H groups in total. The second-order valence-corrected chi connectivity index (χ2v) is 5.05. The smallest absolute Gasteiger partial charge is 0.161 e. The molecule has 0 amide bonds. The molecule has 4 heteroatoms. The Hall–Kier alpha value is -2.23. The number of rotatable bonds is 8. The molecule has 0 aliphatic heterocycles. The van der Waals surface area contributed by atoms with Gasteiger partial charge in [-0.3, -0.25) is 0 Å². The van der Waals surface area contributed by atoms with Crippen molar-refractivity contribution in [2.24, 2.45) is 0 Å². The second-order valence-electron chi connectivity index (χ2n) is 5.05. The highest BCUT2D eigenvalue weighted by molar-refractivity contribution is 5.46. The fourth-order valence-electron chi connectivity index (χ4n) is 2.07. The number of hydrogen-bond acceptors (Lipinski definition) is 3. The molecule has 0 bridgehead atoms. The molecule has 22 heavy (non-hydrogen) atoms. The van der Waals surface area contributed by atoms with Crippen molar-refractivity contribution in [1.29, 1.82) is 0 Å². The molecule has 0 saturated carbocycles. The third kappa shape index (κ3) is 4.65. The third-order valence-corrected chi connectivity index (χ3v) is 3.30. The van der Waals surface area contributed by atoms with E-state index in [2.05, 4.69) is 12.2 Å². The van der Waals surface area contributed by atoms with Gasteiger partial charge in [0.1, 0.15) is 5.82 Å². The molecule has 0 aliphatic rings. The van der Waals surface area contributed by atoms with Gasteiger partial charge >= 0.3 is 0 Å². The number of unbranched alkanes of at least 4 members (excludes halogenated alkanes) is 1. The van der Waals surface area contributed by atoms with Crippen LogP contribution in [0.2, 0.25) is 0 Å². The van der Waals surface area contributed by atoms with Crippen molar-refractivity contribution in [2.45, 2.75) is 26.3 Å². The van der Waals surface area contributed by atoms with E-state index in [9.17, 15) is 4.39 Å². The van der Waals surface area contributed by atoms with Crippen molar-refractivity contribution >= 4 is 5.69 Å². The van der Waals surface area contributed by atoms with E-state index in [0.717, 1.165) is 35.6 Å². The van der Waals surface area contributed by atoms with E-state index in [-0.39, 0.29) is 5.82 Å². The van der Waals surface area contributed by atoms with Gasteiger partial charge in [-0.1, -0.05) is 25.5 Å². The Balaban J connectivity index is 2.02. The van der Waals surface area contributed by atoms with Crippen LogP contribution in [0, 0.1) is 5.82 Å². The topological polar surface area (TPSA) is 30.5 Å². The molecular formula is C18H22FNO2. The summed E-state index contributed by atoms with van der Waals surface area (Å²) >= 11 is 0. The highest BCUT2D eigenvalue weighted by Gasteiger charge is 2.06. The molecule has 0 aliphatic carbocycles. The molecule has 0 atom stereocenters. The van der Waals surface area contributed by atoms with Gasteiger partial charge in [0.05, 0.1) is 13.7 Å². The zero-order valence-corrected chi connectivity index (χ0v) is 13.1. The van der Waals surface area contributed by atoms with E-state index in [1.54, 1.807) is 13.2 Å². The normalized spacial score (nSPS) is 10.3. The number of ether oxygens (including phenoxy) is 2. The van der Waals surface area contributed by atoms with E-state index in [4.69, 9.17) is 9.47 Å². The van der Waals surface area contributed by atoms with Crippen LogP contribution in [0.5, 0.6) is 11.5 Å². The lowest BCUT2D eigenvalue weighted by atomic mass is 10.2. The lowest BCUT2D eigenvalue weighted by Gasteiger charge is -2.13. The van der Waals surface area contributed by atoms with Gasteiger partial charge in [-0.2, -0.15) is 0 Å². The SMILES string of the molecule is CCCCOc1cc(CNc2cccc(F)c2)ccc1OC. The van der Waals surface area contributed by atoms with Crippen LogP contribution in [0.4, 0.5) is 10.1 Å². The van der Waals surface area contributed by atoms with Crippen LogP contribution in [-0.4, -0.2) is 13.7 Å². The van der Waals surface area contributed by atoms with E-state index < -0.39 is 0 Å². The maximum Gasteiger partial charge on any atom is 0.161 e. The van der Waals surface area contributed by atoms with Gasteiger partial charge < -0.3 is 14.8 Å². The molecule has 2 rings (SSSR count). The molecule has 0 radical (unpaired) electrons. The predicted octanol–water partition coefficient (Wildman–Crippen LogP) is 4.63. The molecule has 2 aromatic rings. The maximum absolute atomic E-state index is 13.2. The largest absolute Gasteiger partial charge is 0.493 e. The van der Waals surface area contributed by atoms with Crippen molar-refractivity contribution < 1.29 is 13.9 Å². The van der Waals surface area contributed by atoms with Gasteiger partial charge in [-0.15, -0.1) is 0 Å². The van der Waals surface area contributed by atoms with E-state index in [0.29, 0.717) is 13.2 Å². The molecule has 2 aromatic carbocycles. The lowest BCUT2D eigenvalue weighted by Crippen LogP contribution is -2.03. The summed E-state index contributed by atoms with van der Waals surface area (Å²) in [6.45, 7) is 3.39. The van der Waals surface area contributed by atoms with Gasteiger partial charge in [-0.05, 0) is 42.3 Å². The maximum atomic E-state index is 13.2. The van der Waals surface area contributed by atoms with E-state index >= 15 is 0 Å². The molecule has 0 aromatic heterocycles. The van der Waals surface area contributed by atoms with Crippen LogP contribution in [-0.2, 0) is 6.54 Å². The zero-order valence-electron chi connectivity index (χ0n) is 13.1. The standard InChI is InChI=1S/C18H22FNO2/c1-3-4-10-22-18-11-14(8-9-17(18)21-2)13-20-16-7-5-6-15(19)12-16/h5-9,11-12,20H,3-4,10,13H2,1-2H3. The molecule has 0 heterocycles. The first-order valence-electron chi connectivity index (χ1n) is 7.52. The first-order chi connectivity index (χ1) is 10.7. The Morgan fingerprint density at radius 1 is 1.09 bits per heavy atom. The minimum atomic E-state index is -0.247. The summed E-state index contributed by atoms with van der Waals surface area (Å²) in [5, 5.41) is 3.20. The summed E-state index contributed by atoms with van der Waals surface area (Å²) in [5.74, 6) is 1.23. The Bertz CT molecular complexity index is 601.